The average molecular weight is 467 g/mol. The molecule has 0 unspecified atom stereocenters. The highest BCUT2D eigenvalue weighted by Gasteiger charge is 2.16. The highest BCUT2D eigenvalue weighted by molar-refractivity contribution is 7.18. The van der Waals surface area contributed by atoms with Crippen LogP contribution in [-0.4, -0.2) is 17.4 Å². The Labute approximate surface area is 195 Å². The standard InChI is InChI=1S/C25H24ClFN4S/c1-4-29-20-13-21(17-7-5-6-8-18(17)26)32-24(20)25(28)30-12-11-16-15(3)31-23-19(27)10-9-14(2)22(16)23/h4-10,13,29,31H,1,11-12H2,2-3H3,(H2,28,30). The van der Waals surface area contributed by atoms with Crippen LogP contribution < -0.4 is 11.1 Å². The molecule has 0 fully saturated rings. The first kappa shape index (κ1) is 22.1. The SMILES string of the molecule is C=CNc1cc(-c2ccccc2Cl)sc1C(N)=NCCc1c(C)[nH]c2c(F)ccc(C)c12. The number of aliphatic imine (C=N–C) groups is 1. The van der Waals surface area contributed by atoms with Gasteiger partial charge in [0.2, 0.25) is 0 Å². The number of hydrogen-bond acceptors (Lipinski definition) is 3. The summed E-state index contributed by atoms with van der Waals surface area (Å²) >= 11 is 7.91. The third-order valence-electron chi connectivity index (χ3n) is 5.44. The first-order valence-electron chi connectivity index (χ1n) is 10.2. The van der Waals surface area contributed by atoms with Crippen molar-refractivity contribution in [2.24, 2.45) is 10.7 Å². The zero-order valence-electron chi connectivity index (χ0n) is 17.9. The van der Waals surface area contributed by atoms with Gasteiger partial charge in [0.05, 0.1) is 16.1 Å². The highest BCUT2D eigenvalue weighted by atomic mass is 35.5. The Balaban J connectivity index is 1.62. The molecule has 0 aliphatic heterocycles. The molecular formula is C25H24ClFN4S. The molecule has 0 radical (unpaired) electrons. The van der Waals surface area contributed by atoms with Crippen LogP contribution in [0.5, 0.6) is 0 Å². The predicted octanol–water partition coefficient (Wildman–Crippen LogP) is 6.81. The maximum Gasteiger partial charge on any atom is 0.147 e. The summed E-state index contributed by atoms with van der Waals surface area (Å²) in [6.07, 6.45) is 2.27. The number of nitrogens with one attached hydrogen (secondary N) is 2. The summed E-state index contributed by atoms with van der Waals surface area (Å²) in [5.41, 5.74) is 11.8. The third-order valence-corrected chi connectivity index (χ3v) is 6.96. The Bertz CT molecular complexity index is 1340. The van der Waals surface area contributed by atoms with Crippen LogP contribution >= 0.6 is 22.9 Å². The number of benzene rings is 2. The number of rotatable bonds is 7. The number of H-pyrrole nitrogens is 1. The molecule has 4 rings (SSSR count). The summed E-state index contributed by atoms with van der Waals surface area (Å²) < 4.78 is 14.2. The first-order valence-corrected chi connectivity index (χ1v) is 11.4. The zero-order valence-corrected chi connectivity index (χ0v) is 19.5. The van der Waals surface area contributed by atoms with Crippen LogP contribution in [0.15, 0.2) is 60.2 Å². The van der Waals surface area contributed by atoms with E-state index in [9.17, 15) is 4.39 Å². The zero-order chi connectivity index (χ0) is 22.8. The minimum atomic E-state index is -0.242. The van der Waals surface area contributed by atoms with Crippen molar-refractivity contribution in [1.29, 1.82) is 0 Å². The van der Waals surface area contributed by atoms with Crippen LogP contribution in [0.4, 0.5) is 10.1 Å². The molecule has 0 aliphatic carbocycles. The van der Waals surface area contributed by atoms with Crippen LogP contribution in [0.3, 0.4) is 0 Å². The fourth-order valence-corrected chi connectivity index (χ4v) is 5.28. The van der Waals surface area contributed by atoms with Gasteiger partial charge in [-0.3, -0.25) is 4.99 Å². The molecule has 32 heavy (non-hydrogen) atoms. The predicted molar refractivity (Wildman–Crippen MR) is 136 cm³/mol. The molecule has 4 N–H and O–H groups in total. The molecule has 0 aliphatic rings. The lowest BCUT2D eigenvalue weighted by molar-refractivity contribution is 0.637. The van der Waals surface area contributed by atoms with Crippen molar-refractivity contribution in [3.8, 4) is 10.4 Å². The molecule has 0 amide bonds. The third kappa shape index (κ3) is 4.16. The lowest BCUT2D eigenvalue weighted by atomic mass is 10.0. The Hall–Kier alpha value is -3.09. The normalized spacial score (nSPS) is 11.8. The summed E-state index contributed by atoms with van der Waals surface area (Å²) in [7, 11) is 0. The van der Waals surface area contributed by atoms with Gasteiger partial charge in [0, 0.05) is 33.1 Å². The molecule has 2 aromatic heterocycles. The molecule has 2 heterocycles. The average Bonchev–Trinajstić information content (AvgIpc) is 3.33. The number of nitrogens with two attached hydrogens (primary N) is 1. The Kier molecular flexibility index (Phi) is 6.35. The topological polar surface area (TPSA) is 66.2 Å². The van der Waals surface area contributed by atoms with Crippen molar-refractivity contribution in [3.05, 3.63) is 87.8 Å². The van der Waals surface area contributed by atoms with Gasteiger partial charge in [-0.05, 0) is 55.8 Å². The highest BCUT2D eigenvalue weighted by Crippen LogP contribution is 2.38. The van der Waals surface area contributed by atoms with Gasteiger partial charge in [0.1, 0.15) is 11.7 Å². The summed E-state index contributed by atoms with van der Waals surface area (Å²) in [6.45, 7) is 8.20. The van der Waals surface area contributed by atoms with E-state index in [1.54, 1.807) is 12.3 Å². The van der Waals surface area contributed by atoms with Gasteiger partial charge in [-0.1, -0.05) is 42.4 Å². The smallest absolute Gasteiger partial charge is 0.147 e. The minimum absolute atomic E-state index is 0.242. The van der Waals surface area contributed by atoms with Crippen LogP contribution in [0.25, 0.3) is 21.3 Å². The Morgan fingerprint density at radius 2 is 2.06 bits per heavy atom. The van der Waals surface area contributed by atoms with E-state index in [1.807, 2.05) is 44.2 Å². The molecule has 0 saturated heterocycles. The van der Waals surface area contributed by atoms with Gasteiger partial charge in [0.25, 0.3) is 0 Å². The van der Waals surface area contributed by atoms with Crippen molar-refractivity contribution in [2.45, 2.75) is 20.3 Å². The van der Waals surface area contributed by atoms with Gasteiger partial charge < -0.3 is 16.0 Å². The van der Waals surface area contributed by atoms with Crippen LogP contribution in [0.2, 0.25) is 5.02 Å². The molecule has 164 valence electrons. The van der Waals surface area contributed by atoms with Crippen molar-refractivity contribution in [3.63, 3.8) is 0 Å². The summed E-state index contributed by atoms with van der Waals surface area (Å²) in [4.78, 5) is 9.63. The van der Waals surface area contributed by atoms with Gasteiger partial charge in [0.15, 0.2) is 0 Å². The maximum atomic E-state index is 14.2. The molecule has 4 aromatic rings. The lowest BCUT2D eigenvalue weighted by Gasteiger charge is -2.05. The molecule has 0 saturated carbocycles. The van der Waals surface area contributed by atoms with E-state index in [-0.39, 0.29) is 5.82 Å². The van der Waals surface area contributed by atoms with Crippen molar-refractivity contribution < 1.29 is 4.39 Å². The molecule has 4 nitrogen and oxygen atoms in total. The number of aromatic nitrogens is 1. The number of fused-ring (bicyclic) bond motifs is 1. The first-order chi connectivity index (χ1) is 15.4. The summed E-state index contributed by atoms with van der Waals surface area (Å²) in [5.74, 6) is 0.201. The Morgan fingerprint density at radius 3 is 2.81 bits per heavy atom. The van der Waals surface area contributed by atoms with E-state index in [4.69, 9.17) is 17.3 Å². The molecule has 0 spiro atoms. The molecule has 2 aromatic carbocycles. The fourth-order valence-electron chi connectivity index (χ4n) is 3.91. The Morgan fingerprint density at radius 1 is 1.28 bits per heavy atom. The number of amidine groups is 1. The monoisotopic (exact) mass is 466 g/mol. The largest absolute Gasteiger partial charge is 0.383 e. The molecule has 0 bridgehead atoms. The van der Waals surface area contributed by atoms with E-state index in [2.05, 4.69) is 21.9 Å². The summed E-state index contributed by atoms with van der Waals surface area (Å²) in [5, 5.41) is 4.75. The van der Waals surface area contributed by atoms with Crippen LogP contribution in [-0.2, 0) is 6.42 Å². The second-order valence-corrected chi connectivity index (χ2v) is 9.00. The van der Waals surface area contributed by atoms with E-state index >= 15 is 0 Å². The number of aromatic amines is 1. The van der Waals surface area contributed by atoms with Crippen molar-refractivity contribution >= 4 is 45.4 Å². The van der Waals surface area contributed by atoms with Crippen LogP contribution in [0.1, 0.15) is 21.7 Å². The van der Waals surface area contributed by atoms with Gasteiger partial charge in [-0.15, -0.1) is 11.3 Å². The van der Waals surface area contributed by atoms with Gasteiger partial charge in [-0.25, -0.2) is 4.39 Å². The van der Waals surface area contributed by atoms with Gasteiger partial charge in [-0.2, -0.15) is 0 Å². The molecule has 7 heteroatoms. The lowest BCUT2D eigenvalue weighted by Crippen LogP contribution is -2.14. The number of anilines is 1. The van der Waals surface area contributed by atoms with E-state index in [0.717, 1.165) is 43.2 Å². The quantitative estimate of drug-likeness (QED) is 0.207. The van der Waals surface area contributed by atoms with Gasteiger partial charge >= 0.3 is 0 Å². The van der Waals surface area contributed by atoms with Crippen molar-refractivity contribution in [2.75, 3.05) is 11.9 Å². The van der Waals surface area contributed by atoms with E-state index < -0.39 is 0 Å². The number of nitrogens with zero attached hydrogens (tertiary/aromatic N) is 1. The number of aryl methyl sites for hydroxylation is 2. The van der Waals surface area contributed by atoms with Crippen LogP contribution in [0, 0.1) is 19.7 Å². The minimum Gasteiger partial charge on any atom is -0.383 e. The second-order valence-electron chi connectivity index (χ2n) is 7.54. The number of hydrogen-bond donors (Lipinski definition) is 3. The number of thiophene rings is 1. The maximum absolute atomic E-state index is 14.2. The molecular weight excluding hydrogens is 443 g/mol. The van der Waals surface area contributed by atoms with E-state index in [1.165, 1.54) is 17.4 Å². The van der Waals surface area contributed by atoms with Crippen molar-refractivity contribution in [1.82, 2.24) is 4.98 Å². The van der Waals surface area contributed by atoms with E-state index in [0.29, 0.717) is 29.3 Å². The number of halogens is 2. The summed E-state index contributed by atoms with van der Waals surface area (Å²) in [6, 6.07) is 13.0. The second kappa shape index (κ2) is 9.18. The fraction of sp³-hybridized carbons (Fsp3) is 0.160. The molecule has 0 atom stereocenters.